The molecule has 0 saturated carbocycles. The number of rotatable bonds is 3. The lowest BCUT2D eigenvalue weighted by Gasteiger charge is -2.36. The van der Waals surface area contributed by atoms with Crippen molar-refractivity contribution in [3.05, 3.63) is 35.9 Å². The first-order chi connectivity index (χ1) is 8.26. The molecule has 0 bridgehead atoms. The first kappa shape index (κ1) is 12.2. The van der Waals surface area contributed by atoms with Gasteiger partial charge in [-0.25, -0.2) is 0 Å². The van der Waals surface area contributed by atoms with E-state index in [0.717, 1.165) is 5.56 Å². The second-order valence-electron chi connectivity index (χ2n) is 3.83. The molecule has 17 heavy (non-hydrogen) atoms. The molecule has 0 radical (unpaired) electrons. The van der Waals surface area contributed by atoms with Gasteiger partial charge in [-0.15, -0.1) is 0 Å². The van der Waals surface area contributed by atoms with E-state index in [1.165, 1.54) is 0 Å². The van der Waals surface area contributed by atoms with Gasteiger partial charge in [-0.2, -0.15) is 0 Å². The molecule has 4 atom stereocenters. The van der Waals surface area contributed by atoms with Gasteiger partial charge in [0.05, 0.1) is 6.61 Å². The quantitative estimate of drug-likeness (QED) is 0.726. The topological polar surface area (TPSA) is 76.0 Å². The molecule has 1 aliphatic heterocycles. The summed E-state index contributed by atoms with van der Waals surface area (Å²) in [7, 11) is 0. The van der Waals surface area contributed by atoms with Crippen molar-refractivity contribution in [2.75, 3.05) is 6.61 Å². The Morgan fingerprint density at radius 2 is 1.94 bits per heavy atom. The molecule has 0 unspecified atom stereocenters. The largest absolute Gasteiger partial charge is 0.394 e. The third kappa shape index (κ3) is 2.53. The van der Waals surface area contributed by atoms with Crippen LogP contribution in [0.5, 0.6) is 0 Å². The van der Waals surface area contributed by atoms with Crippen molar-refractivity contribution in [2.45, 2.75) is 24.6 Å². The smallest absolute Gasteiger partial charge is 0.185 e. The van der Waals surface area contributed by atoms with E-state index in [4.69, 9.17) is 14.6 Å². The minimum atomic E-state index is -1.14. The highest BCUT2D eigenvalue weighted by Crippen LogP contribution is 2.29. The number of hydrogen-bond donors (Lipinski definition) is 2. The van der Waals surface area contributed by atoms with Crippen LogP contribution < -0.4 is 0 Å². The van der Waals surface area contributed by atoms with Gasteiger partial charge in [-0.05, 0) is 0 Å². The lowest BCUT2D eigenvalue weighted by atomic mass is 10.1. The van der Waals surface area contributed by atoms with Crippen molar-refractivity contribution in [3.8, 4) is 0 Å². The molecule has 0 amide bonds. The highest BCUT2D eigenvalue weighted by atomic mass is 16.7. The summed E-state index contributed by atoms with van der Waals surface area (Å²) in [5, 5.41) is 18.7. The van der Waals surface area contributed by atoms with Gasteiger partial charge in [-0.1, -0.05) is 30.3 Å². The number of carbonyl (C=O) groups excluding carboxylic acids is 1. The maximum Gasteiger partial charge on any atom is 0.185 e. The van der Waals surface area contributed by atoms with Crippen LogP contribution in [-0.4, -0.2) is 41.4 Å². The lowest BCUT2D eigenvalue weighted by molar-refractivity contribution is -0.283. The van der Waals surface area contributed by atoms with Gasteiger partial charge >= 0.3 is 0 Å². The first-order valence-corrected chi connectivity index (χ1v) is 5.36. The Kier molecular flexibility index (Phi) is 3.86. The molecule has 2 N–H and O–H groups in total. The minimum Gasteiger partial charge on any atom is -0.394 e. The van der Waals surface area contributed by atoms with E-state index >= 15 is 0 Å². The van der Waals surface area contributed by atoms with Crippen molar-refractivity contribution in [2.24, 2.45) is 0 Å². The second-order valence-corrected chi connectivity index (χ2v) is 3.83. The lowest BCUT2D eigenvalue weighted by Crippen LogP contribution is -2.49. The Labute approximate surface area is 98.6 Å². The molecule has 5 heteroatoms. The number of carbonyl (C=O) groups is 1. The predicted molar refractivity (Wildman–Crippen MR) is 58.1 cm³/mol. The predicted octanol–water partition coefficient (Wildman–Crippen LogP) is 0.0213. The average Bonchev–Trinajstić information content (AvgIpc) is 2.40. The number of benzene rings is 1. The Hall–Kier alpha value is -1.27. The van der Waals surface area contributed by atoms with Gasteiger partial charge in [0.1, 0.15) is 18.3 Å². The van der Waals surface area contributed by atoms with E-state index in [-0.39, 0.29) is 6.61 Å². The molecule has 0 aromatic heterocycles. The number of aliphatic hydroxyl groups excluding tert-OH is 2. The summed E-state index contributed by atoms with van der Waals surface area (Å²) in [6, 6.07) is 9.06. The van der Waals surface area contributed by atoms with Crippen molar-refractivity contribution in [3.63, 3.8) is 0 Å². The average molecular weight is 238 g/mol. The van der Waals surface area contributed by atoms with Crippen LogP contribution in [0.25, 0.3) is 0 Å². The summed E-state index contributed by atoms with van der Waals surface area (Å²) in [5.74, 6) is 0. The molecule has 5 nitrogen and oxygen atoms in total. The van der Waals surface area contributed by atoms with Gasteiger partial charge in [0.25, 0.3) is 0 Å². The van der Waals surface area contributed by atoms with Crippen LogP contribution in [0, 0.1) is 0 Å². The molecule has 1 aromatic rings. The van der Waals surface area contributed by atoms with Crippen molar-refractivity contribution < 1.29 is 24.5 Å². The van der Waals surface area contributed by atoms with E-state index in [9.17, 15) is 9.90 Å². The van der Waals surface area contributed by atoms with E-state index in [1.54, 1.807) is 12.1 Å². The number of aliphatic hydroxyl groups is 2. The second kappa shape index (κ2) is 5.37. The Balaban J connectivity index is 2.17. The molecule has 1 aromatic carbocycles. The number of aldehydes is 1. The Morgan fingerprint density at radius 3 is 2.53 bits per heavy atom. The highest BCUT2D eigenvalue weighted by molar-refractivity contribution is 5.57. The summed E-state index contributed by atoms with van der Waals surface area (Å²) in [6.45, 7) is -0.363. The zero-order valence-corrected chi connectivity index (χ0v) is 9.10. The van der Waals surface area contributed by atoms with Crippen LogP contribution >= 0.6 is 0 Å². The molecule has 0 aliphatic carbocycles. The fourth-order valence-corrected chi connectivity index (χ4v) is 1.74. The molecule has 2 rings (SSSR count). The standard InChI is InChI=1S/C12H14O5/c13-6-9-11(15)10(7-14)17-12(16-9)8-4-2-1-3-5-8/h1-6,9-12,14-15H,7H2/t9-,10+,11+,12+/m1/s1. The molecule has 1 fully saturated rings. The molecule has 92 valence electrons. The number of hydrogen-bond acceptors (Lipinski definition) is 5. The number of ether oxygens (including phenoxy) is 2. The summed E-state index contributed by atoms with van der Waals surface area (Å²) >= 11 is 0. The normalized spacial score (nSPS) is 33.3. The Morgan fingerprint density at radius 1 is 1.24 bits per heavy atom. The summed E-state index contributed by atoms with van der Waals surface area (Å²) < 4.78 is 10.7. The third-order valence-corrected chi connectivity index (χ3v) is 2.68. The summed E-state index contributed by atoms with van der Waals surface area (Å²) in [5.41, 5.74) is 0.740. The summed E-state index contributed by atoms with van der Waals surface area (Å²) in [6.07, 6.45) is -3.16. The van der Waals surface area contributed by atoms with Gasteiger partial charge in [0, 0.05) is 5.56 Å². The first-order valence-electron chi connectivity index (χ1n) is 5.36. The molecule has 1 heterocycles. The van der Waals surface area contributed by atoms with E-state index in [1.807, 2.05) is 18.2 Å². The van der Waals surface area contributed by atoms with Gasteiger partial charge in [0.15, 0.2) is 12.6 Å². The molecule has 1 aliphatic rings. The van der Waals surface area contributed by atoms with Crippen LogP contribution in [0.4, 0.5) is 0 Å². The minimum absolute atomic E-state index is 0.363. The van der Waals surface area contributed by atoms with Gasteiger partial charge in [0.2, 0.25) is 0 Å². The monoisotopic (exact) mass is 238 g/mol. The van der Waals surface area contributed by atoms with Crippen LogP contribution in [0.3, 0.4) is 0 Å². The van der Waals surface area contributed by atoms with Crippen LogP contribution in [0.2, 0.25) is 0 Å². The molecular formula is C12H14O5. The maximum absolute atomic E-state index is 10.8. The third-order valence-electron chi connectivity index (χ3n) is 2.68. The molecule has 0 spiro atoms. The fourth-order valence-electron chi connectivity index (χ4n) is 1.74. The van der Waals surface area contributed by atoms with Gasteiger partial charge < -0.3 is 24.5 Å². The van der Waals surface area contributed by atoms with Gasteiger partial charge in [-0.3, -0.25) is 0 Å². The SMILES string of the molecule is O=C[C@H]1O[C@H](c2ccccc2)O[C@@H](CO)[C@H]1O. The molecular weight excluding hydrogens is 224 g/mol. The van der Waals surface area contributed by atoms with Crippen LogP contribution in [0.15, 0.2) is 30.3 Å². The van der Waals surface area contributed by atoms with Crippen LogP contribution in [0.1, 0.15) is 11.9 Å². The van der Waals surface area contributed by atoms with Crippen molar-refractivity contribution >= 4 is 6.29 Å². The maximum atomic E-state index is 10.8. The van der Waals surface area contributed by atoms with E-state index in [0.29, 0.717) is 6.29 Å². The van der Waals surface area contributed by atoms with Crippen molar-refractivity contribution in [1.29, 1.82) is 0 Å². The molecule has 1 saturated heterocycles. The zero-order valence-electron chi connectivity index (χ0n) is 9.10. The van der Waals surface area contributed by atoms with Crippen LogP contribution in [-0.2, 0) is 14.3 Å². The van der Waals surface area contributed by atoms with Crippen molar-refractivity contribution in [1.82, 2.24) is 0 Å². The zero-order chi connectivity index (χ0) is 12.3. The Bertz CT molecular complexity index is 366. The summed E-state index contributed by atoms with van der Waals surface area (Å²) in [4.78, 5) is 10.8. The van der Waals surface area contributed by atoms with E-state index in [2.05, 4.69) is 0 Å². The fraction of sp³-hybridized carbons (Fsp3) is 0.417. The van der Waals surface area contributed by atoms with E-state index < -0.39 is 24.6 Å². The highest BCUT2D eigenvalue weighted by Gasteiger charge is 2.38.